The SMILES string of the molecule is COc1cccc(C(O)C(=O)NC(C)CCc2cccn2C)c1. The lowest BCUT2D eigenvalue weighted by Gasteiger charge is -2.17. The Bertz CT molecular complexity index is 651. The molecule has 2 atom stereocenters. The highest BCUT2D eigenvalue weighted by molar-refractivity contribution is 5.82. The van der Waals surface area contributed by atoms with E-state index in [2.05, 4.69) is 16.0 Å². The van der Waals surface area contributed by atoms with Crippen molar-refractivity contribution in [2.75, 3.05) is 7.11 Å². The van der Waals surface area contributed by atoms with Gasteiger partial charge in [0.05, 0.1) is 7.11 Å². The average molecular weight is 316 g/mol. The van der Waals surface area contributed by atoms with Gasteiger partial charge in [-0.25, -0.2) is 0 Å². The van der Waals surface area contributed by atoms with E-state index in [9.17, 15) is 9.90 Å². The molecule has 0 saturated heterocycles. The first-order valence-corrected chi connectivity index (χ1v) is 7.74. The fraction of sp³-hybridized carbons (Fsp3) is 0.389. The minimum absolute atomic E-state index is 0.0161. The van der Waals surface area contributed by atoms with Gasteiger partial charge >= 0.3 is 0 Å². The van der Waals surface area contributed by atoms with Gasteiger partial charge in [0.15, 0.2) is 6.10 Å². The van der Waals surface area contributed by atoms with Crippen LogP contribution in [0, 0.1) is 0 Å². The van der Waals surface area contributed by atoms with Crippen LogP contribution in [0.15, 0.2) is 42.6 Å². The molecule has 0 aliphatic heterocycles. The van der Waals surface area contributed by atoms with E-state index in [-0.39, 0.29) is 6.04 Å². The van der Waals surface area contributed by atoms with Gasteiger partial charge in [0, 0.05) is 25.0 Å². The van der Waals surface area contributed by atoms with Crippen molar-refractivity contribution in [3.8, 4) is 5.75 Å². The standard InChI is InChI=1S/C18H24N2O3/c1-13(9-10-15-7-5-11-20(15)2)19-18(22)17(21)14-6-4-8-16(12-14)23-3/h4-8,11-13,17,21H,9-10H2,1-3H3,(H,19,22). The number of benzene rings is 1. The maximum absolute atomic E-state index is 12.2. The zero-order valence-corrected chi connectivity index (χ0v) is 13.8. The van der Waals surface area contributed by atoms with Crippen LogP contribution in [0.4, 0.5) is 0 Å². The molecule has 2 unspecified atom stereocenters. The number of nitrogens with zero attached hydrogens (tertiary/aromatic N) is 1. The molecular formula is C18H24N2O3. The number of carbonyl (C=O) groups is 1. The van der Waals surface area contributed by atoms with Gasteiger partial charge < -0.3 is 19.7 Å². The van der Waals surface area contributed by atoms with Gasteiger partial charge in [-0.3, -0.25) is 4.79 Å². The Hall–Kier alpha value is -2.27. The molecule has 2 aromatic rings. The van der Waals surface area contributed by atoms with E-state index in [4.69, 9.17) is 4.74 Å². The second-order valence-corrected chi connectivity index (χ2v) is 5.74. The van der Waals surface area contributed by atoms with E-state index in [1.165, 1.54) is 5.69 Å². The first-order chi connectivity index (χ1) is 11.0. The maximum Gasteiger partial charge on any atom is 0.253 e. The number of aliphatic hydroxyl groups excluding tert-OH is 1. The number of amides is 1. The summed E-state index contributed by atoms with van der Waals surface area (Å²) in [5.74, 6) is 0.226. The highest BCUT2D eigenvalue weighted by Crippen LogP contribution is 2.19. The van der Waals surface area contributed by atoms with Crippen LogP contribution in [-0.2, 0) is 18.3 Å². The van der Waals surface area contributed by atoms with Gasteiger partial charge in [0.1, 0.15) is 5.75 Å². The van der Waals surface area contributed by atoms with Crippen LogP contribution >= 0.6 is 0 Å². The van der Waals surface area contributed by atoms with Crippen LogP contribution in [0.3, 0.4) is 0 Å². The molecule has 0 saturated carbocycles. The summed E-state index contributed by atoms with van der Waals surface area (Å²) in [6.45, 7) is 1.94. The van der Waals surface area contributed by atoms with Crippen LogP contribution in [0.1, 0.15) is 30.7 Å². The quantitative estimate of drug-likeness (QED) is 0.823. The molecule has 124 valence electrons. The molecule has 0 fully saturated rings. The van der Waals surface area contributed by atoms with E-state index in [0.29, 0.717) is 11.3 Å². The number of rotatable bonds is 7. The summed E-state index contributed by atoms with van der Waals surface area (Å²) in [5, 5.41) is 13.0. The lowest BCUT2D eigenvalue weighted by molar-refractivity contribution is -0.130. The Morgan fingerprint density at radius 3 is 2.78 bits per heavy atom. The first kappa shape index (κ1) is 17.1. The molecular weight excluding hydrogens is 292 g/mol. The molecule has 23 heavy (non-hydrogen) atoms. The Morgan fingerprint density at radius 1 is 1.35 bits per heavy atom. The number of aromatic nitrogens is 1. The molecule has 0 aliphatic carbocycles. The monoisotopic (exact) mass is 316 g/mol. The Balaban J connectivity index is 1.88. The van der Waals surface area contributed by atoms with E-state index in [1.54, 1.807) is 31.4 Å². The van der Waals surface area contributed by atoms with Gasteiger partial charge in [-0.15, -0.1) is 0 Å². The van der Waals surface area contributed by atoms with Crippen LogP contribution in [0.5, 0.6) is 5.75 Å². The number of nitrogens with one attached hydrogen (secondary N) is 1. The normalized spacial score (nSPS) is 13.4. The van der Waals surface area contributed by atoms with E-state index >= 15 is 0 Å². The maximum atomic E-state index is 12.2. The zero-order chi connectivity index (χ0) is 16.8. The fourth-order valence-corrected chi connectivity index (χ4v) is 2.48. The van der Waals surface area contributed by atoms with E-state index in [0.717, 1.165) is 12.8 Å². The molecule has 1 heterocycles. The van der Waals surface area contributed by atoms with Crippen LogP contribution in [0.2, 0.25) is 0 Å². The Labute approximate surface area is 136 Å². The topological polar surface area (TPSA) is 63.5 Å². The Kier molecular flexibility index (Phi) is 5.82. The van der Waals surface area contributed by atoms with Gasteiger partial charge in [-0.05, 0) is 49.6 Å². The first-order valence-electron chi connectivity index (χ1n) is 7.74. The fourth-order valence-electron chi connectivity index (χ4n) is 2.48. The predicted octanol–water partition coefficient (Wildman–Crippen LogP) is 2.20. The van der Waals surface area contributed by atoms with Crippen LogP contribution < -0.4 is 10.1 Å². The number of methoxy groups -OCH3 is 1. The zero-order valence-electron chi connectivity index (χ0n) is 13.8. The van der Waals surface area contributed by atoms with Crippen molar-refractivity contribution in [3.05, 3.63) is 53.9 Å². The van der Waals surface area contributed by atoms with E-state index < -0.39 is 12.0 Å². The van der Waals surface area contributed by atoms with Crippen molar-refractivity contribution < 1.29 is 14.6 Å². The van der Waals surface area contributed by atoms with Gasteiger partial charge in [0.25, 0.3) is 5.91 Å². The highest BCUT2D eigenvalue weighted by Gasteiger charge is 2.19. The van der Waals surface area contributed by atoms with Gasteiger partial charge in [-0.1, -0.05) is 12.1 Å². The number of aliphatic hydroxyl groups is 1. The van der Waals surface area contributed by atoms with Crippen molar-refractivity contribution >= 4 is 5.91 Å². The summed E-state index contributed by atoms with van der Waals surface area (Å²) in [6, 6.07) is 11.0. The summed E-state index contributed by atoms with van der Waals surface area (Å²) in [7, 11) is 3.56. The minimum atomic E-state index is -1.19. The minimum Gasteiger partial charge on any atom is -0.497 e. The number of ether oxygens (including phenoxy) is 1. The molecule has 2 rings (SSSR count). The van der Waals surface area contributed by atoms with Crippen molar-refractivity contribution in [1.82, 2.24) is 9.88 Å². The lowest BCUT2D eigenvalue weighted by Crippen LogP contribution is -2.36. The average Bonchev–Trinajstić information content (AvgIpc) is 2.97. The van der Waals surface area contributed by atoms with Crippen LogP contribution in [-0.4, -0.2) is 28.7 Å². The summed E-state index contributed by atoms with van der Waals surface area (Å²) in [4.78, 5) is 12.2. The Morgan fingerprint density at radius 2 is 2.13 bits per heavy atom. The molecule has 0 spiro atoms. The van der Waals surface area contributed by atoms with Crippen molar-refractivity contribution in [2.24, 2.45) is 7.05 Å². The molecule has 0 radical (unpaired) electrons. The third kappa shape index (κ3) is 4.60. The summed E-state index contributed by atoms with van der Waals surface area (Å²) >= 11 is 0. The molecule has 1 aromatic heterocycles. The van der Waals surface area contributed by atoms with Crippen molar-refractivity contribution in [1.29, 1.82) is 0 Å². The highest BCUT2D eigenvalue weighted by atomic mass is 16.5. The molecule has 5 heteroatoms. The molecule has 1 aromatic carbocycles. The van der Waals surface area contributed by atoms with Gasteiger partial charge in [-0.2, -0.15) is 0 Å². The molecule has 0 aliphatic rings. The molecule has 1 amide bonds. The summed E-state index contributed by atoms with van der Waals surface area (Å²) in [5.41, 5.74) is 1.75. The summed E-state index contributed by atoms with van der Waals surface area (Å²) in [6.07, 6.45) is 2.50. The predicted molar refractivity (Wildman–Crippen MR) is 89.3 cm³/mol. The lowest BCUT2D eigenvalue weighted by atomic mass is 10.1. The molecule has 5 nitrogen and oxygen atoms in total. The number of aryl methyl sites for hydroxylation is 2. The van der Waals surface area contributed by atoms with Gasteiger partial charge in [0.2, 0.25) is 0 Å². The van der Waals surface area contributed by atoms with Crippen molar-refractivity contribution in [3.63, 3.8) is 0 Å². The van der Waals surface area contributed by atoms with Crippen molar-refractivity contribution in [2.45, 2.75) is 31.9 Å². The third-order valence-electron chi connectivity index (χ3n) is 3.93. The number of hydrogen-bond donors (Lipinski definition) is 2. The van der Waals surface area contributed by atoms with Crippen LogP contribution in [0.25, 0.3) is 0 Å². The summed E-state index contributed by atoms with van der Waals surface area (Å²) < 4.78 is 7.18. The third-order valence-corrected chi connectivity index (χ3v) is 3.93. The smallest absolute Gasteiger partial charge is 0.253 e. The molecule has 2 N–H and O–H groups in total. The number of carbonyl (C=O) groups excluding carboxylic acids is 1. The van der Waals surface area contributed by atoms with E-state index in [1.807, 2.05) is 26.2 Å². The second kappa shape index (κ2) is 7.83. The number of hydrogen-bond acceptors (Lipinski definition) is 3. The second-order valence-electron chi connectivity index (χ2n) is 5.74. The largest absolute Gasteiger partial charge is 0.497 e. The molecule has 0 bridgehead atoms.